The molecule has 2 heterocycles. The Hall–Kier alpha value is -3.73. The van der Waals surface area contributed by atoms with Crippen molar-refractivity contribution in [2.45, 2.75) is 13.3 Å². The van der Waals surface area contributed by atoms with Crippen LogP contribution in [0.25, 0.3) is 22.2 Å². The average Bonchev–Trinajstić information content (AvgIpc) is 2.91. The van der Waals surface area contributed by atoms with Crippen molar-refractivity contribution in [2.24, 2.45) is 7.05 Å². The lowest BCUT2D eigenvalue weighted by atomic mass is 9.99. The van der Waals surface area contributed by atoms with Gasteiger partial charge in [-0.3, -0.25) is 4.79 Å². The van der Waals surface area contributed by atoms with Gasteiger partial charge in [-0.05, 0) is 24.1 Å². The van der Waals surface area contributed by atoms with E-state index in [1.54, 1.807) is 36.7 Å². The number of aromatic hydroxyl groups is 1. The number of nitrogens with one attached hydrogen (secondary N) is 1. The first kappa shape index (κ1) is 18.1. The summed E-state index contributed by atoms with van der Waals surface area (Å²) in [6.07, 6.45) is 0.305. The molecule has 0 saturated heterocycles. The van der Waals surface area contributed by atoms with Gasteiger partial charge >= 0.3 is 5.97 Å². The van der Waals surface area contributed by atoms with Crippen LogP contribution < -0.4 is 10.3 Å². The number of nitriles is 1. The highest BCUT2D eigenvalue weighted by Crippen LogP contribution is 2.35. The van der Waals surface area contributed by atoms with Gasteiger partial charge in [0.05, 0.1) is 18.3 Å². The number of aromatic amines is 1. The molecule has 0 radical (unpaired) electrons. The van der Waals surface area contributed by atoms with Crippen molar-refractivity contribution in [3.05, 3.63) is 45.2 Å². The molecule has 0 atom stereocenters. The number of carbonyl (C=O) groups is 1. The summed E-state index contributed by atoms with van der Waals surface area (Å²) in [5, 5.41) is 29.6. The molecule has 0 spiro atoms. The van der Waals surface area contributed by atoms with Gasteiger partial charge in [0, 0.05) is 18.0 Å². The van der Waals surface area contributed by atoms with Crippen LogP contribution in [0.2, 0.25) is 0 Å². The van der Waals surface area contributed by atoms with E-state index in [0.29, 0.717) is 40.1 Å². The second-order valence-corrected chi connectivity index (χ2v) is 5.98. The maximum atomic E-state index is 12.2. The summed E-state index contributed by atoms with van der Waals surface area (Å²) in [6, 6.07) is 7.33. The van der Waals surface area contributed by atoms with E-state index in [1.807, 2.05) is 0 Å². The standard InChI is InChI=1S/C19H17N3O5/c1-4-10-15(21-17(24)14(16(10)23)19(25)26)9-5-6-13-11(7-9)12(8-20)18(27-3)22(13)2/h5-7H,4H2,1-3H3,(H,25,26)(H2,21,23,24). The third kappa shape index (κ3) is 2.60. The van der Waals surface area contributed by atoms with Gasteiger partial charge in [-0.25, -0.2) is 4.79 Å². The molecule has 0 aliphatic carbocycles. The van der Waals surface area contributed by atoms with E-state index in [2.05, 4.69) is 11.1 Å². The number of aryl methyl sites for hydroxylation is 1. The van der Waals surface area contributed by atoms with Crippen molar-refractivity contribution < 1.29 is 19.7 Å². The molecule has 0 fully saturated rings. The Balaban J connectivity index is 2.35. The SMILES string of the molecule is CCc1c(-c2ccc3c(c2)c(C#N)c(OC)n3C)[nH]c(=O)c(C(=O)O)c1O. The quantitative estimate of drug-likeness (QED) is 0.649. The Labute approximate surface area is 153 Å². The second kappa shape index (κ2) is 6.53. The monoisotopic (exact) mass is 367 g/mol. The highest BCUT2D eigenvalue weighted by molar-refractivity contribution is 5.94. The van der Waals surface area contributed by atoms with Crippen LogP contribution in [0.3, 0.4) is 0 Å². The van der Waals surface area contributed by atoms with Crippen LogP contribution >= 0.6 is 0 Å². The van der Waals surface area contributed by atoms with Gasteiger partial charge in [-0.2, -0.15) is 5.26 Å². The molecule has 3 rings (SSSR count). The fourth-order valence-electron chi connectivity index (χ4n) is 3.34. The van der Waals surface area contributed by atoms with Gasteiger partial charge < -0.3 is 24.5 Å². The van der Waals surface area contributed by atoms with Gasteiger partial charge in [0.2, 0.25) is 5.88 Å². The van der Waals surface area contributed by atoms with E-state index in [1.165, 1.54) is 7.11 Å². The number of benzene rings is 1. The molecule has 8 heteroatoms. The van der Waals surface area contributed by atoms with Crippen molar-refractivity contribution in [3.63, 3.8) is 0 Å². The van der Waals surface area contributed by atoms with Crippen molar-refractivity contribution in [2.75, 3.05) is 7.11 Å². The van der Waals surface area contributed by atoms with Crippen LogP contribution in [-0.2, 0) is 13.5 Å². The van der Waals surface area contributed by atoms with Crippen molar-refractivity contribution in [1.82, 2.24) is 9.55 Å². The number of rotatable bonds is 4. The number of H-pyrrole nitrogens is 1. The molecule has 8 nitrogen and oxygen atoms in total. The summed E-state index contributed by atoms with van der Waals surface area (Å²) in [4.78, 5) is 26.0. The topological polar surface area (TPSA) is 128 Å². The van der Waals surface area contributed by atoms with Crippen LogP contribution in [0.1, 0.15) is 28.4 Å². The van der Waals surface area contributed by atoms with Crippen molar-refractivity contribution >= 4 is 16.9 Å². The van der Waals surface area contributed by atoms with E-state index in [0.717, 1.165) is 5.52 Å². The Morgan fingerprint density at radius 3 is 2.67 bits per heavy atom. The number of nitrogens with zero attached hydrogens (tertiary/aromatic N) is 2. The first-order chi connectivity index (χ1) is 12.8. The molecule has 3 N–H and O–H groups in total. The van der Waals surface area contributed by atoms with E-state index in [9.17, 15) is 20.0 Å². The Morgan fingerprint density at radius 2 is 2.11 bits per heavy atom. The largest absolute Gasteiger partial charge is 0.506 e. The molecule has 0 amide bonds. The van der Waals surface area contributed by atoms with Crippen LogP contribution in [0, 0.1) is 11.3 Å². The number of methoxy groups -OCH3 is 1. The predicted octanol–water partition coefficient (Wildman–Crippen LogP) is 2.38. The molecule has 0 bridgehead atoms. The van der Waals surface area contributed by atoms with Crippen LogP contribution in [0.5, 0.6) is 11.6 Å². The van der Waals surface area contributed by atoms with E-state index < -0.39 is 22.8 Å². The third-order valence-corrected chi connectivity index (χ3v) is 4.60. The van der Waals surface area contributed by atoms with E-state index in [-0.39, 0.29) is 0 Å². The molecule has 138 valence electrons. The Kier molecular flexibility index (Phi) is 4.37. The molecular weight excluding hydrogens is 350 g/mol. The minimum Gasteiger partial charge on any atom is -0.506 e. The van der Waals surface area contributed by atoms with Crippen molar-refractivity contribution in [1.29, 1.82) is 5.26 Å². The Morgan fingerprint density at radius 1 is 1.41 bits per heavy atom. The first-order valence-electron chi connectivity index (χ1n) is 8.13. The smallest absolute Gasteiger partial charge is 0.345 e. The minimum absolute atomic E-state index is 0.305. The highest BCUT2D eigenvalue weighted by Gasteiger charge is 2.23. The molecular formula is C19H17N3O5. The fourth-order valence-corrected chi connectivity index (χ4v) is 3.34. The van der Waals surface area contributed by atoms with Crippen LogP contribution in [0.15, 0.2) is 23.0 Å². The molecule has 27 heavy (non-hydrogen) atoms. The molecule has 1 aromatic carbocycles. The number of fused-ring (bicyclic) bond motifs is 1. The number of aromatic nitrogens is 2. The summed E-state index contributed by atoms with van der Waals surface area (Å²) in [5.74, 6) is -1.63. The lowest BCUT2D eigenvalue weighted by Gasteiger charge is -2.12. The molecule has 2 aromatic heterocycles. The number of carboxylic acid groups (broad SMARTS) is 1. The number of hydrogen-bond donors (Lipinski definition) is 3. The molecule has 0 aliphatic heterocycles. The fraction of sp³-hybridized carbons (Fsp3) is 0.211. The number of carboxylic acids is 1. The zero-order valence-corrected chi connectivity index (χ0v) is 15.0. The molecule has 3 aromatic rings. The lowest BCUT2D eigenvalue weighted by Crippen LogP contribution is -2.20. The van der Waals surface area contributed by atoms with Gasteiger partial charge in [0.15, 0.2) is 5.56 Å². The number of ether oxygens (including phenoxy) is 1. The minimum atomic E-state index is -1.50. The van der Waals surface area contributed by atoms with Gasteiger partial charge in [-0.15, -0.1) is 0 Å². The lowest BCUT2D eigenvalue weighted by molar-refractivity contribution is 0.0691. The highest BCUT2D eigenvalue weighted by atomic mass is 16.5. The zero-order valence-electron chi connectivity index (χ0n) is 15.0. The maximum Gasteiger partial charge on any atom is 0.345 e. The Bertz CT molecular complexity index is 1180. The van der Waals surface area contributed by atoms with Gasteiger partial charge in [-0.1, -0.05) is 13.0 Å². The summed E-state index contributed by atoms with van der Waals surface area (Å²) in [5.41, 5.74) is 0.719. The molecule has 0 saturated carbocycles. The van der Waals surface area contributed by atoms with Gasteiger partial charge in [0.1, 0.15) is 17.4 Å². The summed E-state index contributed by atoms with van der Waals surface area (Å²) >= 11 is 0. The normalized spacial score (nSPS) is 10.7. The first-order valence-corrected chi connectivity index (χ1v) is 8.13. The number of pyridine rings is 1. The predicted molar refractivity (Wildman–Crippen MR) is 98.2 cm³/mol. The maximum absolute atomic E-state index is 12.2. The number of hydrogen-bond acceptors (Lipinski definition) is 5. The molecule has 0 aliphatic rings. The van der Waals surface area contributed by atoms with Crippen molar-refractivity contribution in [3.8, 4) is 29.0 Å². The third-order valence-electron chi connectivity index (χ3n) is 4.60. The average molecular weight is 367 g/mol. The van der Waals surface area contributed by atoms with Crippen LogP contribution in [-0.4, -0.2) is 32.8 Å². The number of aromatic carboxylic acids is 1. The molecule has 0 unspecified atom stereocenters. The van der Waals surface area contributed by atoms with E-state index in [4.69, 9.17) is 9.84 Å². The summed E-state index contributed by atoms with van der Waals surface area (Å²) in [6.45, 7) is 1.74. The zero-order chi connectivity index (χ0) is 19.9. The second-order valence-electron chi connectivity index (χ2n) is 5.98. The van der Waals surface area contributed by atoms with E-state index >= 15 is 0 Å². The summed E-state index contributed by atoms with van der Waals surface area (Å²) in [7, 11) is 3.25. The van der Waals surface area contributed by atoms with Crippen LogP contribution in [0.4, 0.5) is 0 Å². The summed E-state index contributed by atoms with van der Waals surface area (Å²) < 4.78 is 7.04. The van der Waals surface area contributed by atoms with Gasteiger partial charge in [0.25, 0.3) is 5.56 Å².